The van der Waals surface area contributed by atoms with Gasteiger partial charge in [-0.1, -0.05) is 32.0 Å². The number of benzene rings is 1. The number of ether oxygens (including phenoxy) is 1. The Morgan fingerprint density at radius 2 is 2.00 bits per heavy atom. The highest BCUT2D eigenvalue weighted by Crippen LogP contribution is 2.36. The SMILES string of the molecule is COC(=O)c1c(S(=O)(=O)NCC(C)C)sc2c1CCN(C(=O)Cc1ccccc1F)C2. The Kier molecular flexibility index (Phi) is 7.13. The second-order valence-electron chi connectivity index (χ2n) is 7.74. The minimum atomic E-state index is -3.91. The lowest BCUT2D eigenvalue weighted by Crippen LogP contribution is -2.36. The van der Waals surface area contributed by atoms with Crippen LogP contribution in [0.25, 0.3) is 0 Å². The van der Waals surface area contributed by atoms with Gasteiger partial charge in [0.15, 0.2) is 0 Å². The number of rotatable bonds is 7. The maximum absolute atomic E-state index is 13.9. The molecule has 2 aromatic rings. The molecule has 0 atom stereocenters. The van der Waals surface area contributed by atoms with Crippen LogP contribution >= 0.6 is 11.3 Å². The monoisotopic (exact) mass is 468 g/mol. The van der Waals surface area contributed by atoms with Crippen molar-refractivity contribution in [1.82, 2.24) is 9.62 Å². The first-order valence-electron chi connectivity index (χ1n) is 9.87. The van der Waals surface area contributed by atoms with Gasteiger partial charge in [0.1, 0.15) is 10.0 Å². The zero-order valence-corrected chi connectivity index (χ0v) is 19.2. The number of carbonyl (C=O) groups excluding carboxylic acids is 2. The molecular weight excluding hydrogens is 443 g/mol. The van der Waals surface area contributed by atoms with Gasteiger partial charge in [-0.05, 0) is 29.5 Å². The number of carbonyl (C=O) groups is 2. The number of thiophene rings is 1. The highest BCUT2D eigenvalue weighted by atomic mass is 32.2. The van der Waals surface area contributed by atoms with Crippen molar-refractivity contribution in [1.29, 1.82) is 0 Å². The van der Waals surface area contributed by atoms with Gasteiger partial charge in [0.25, 0.3) is 10.0 Å². The molecule has 1 N–H and O–H groups in total. The average molecular weight is 469 g/mol. The second-order valence-corrected chi connectivity index (χ2v) is 10.8. The molecule has 1 aromatic heterocycles. The van der Waals surface area contributed by atoms with Gasteiger partial charge >= 0.3 is 5.97 Å². The molecule has 0 unspecified atom stereocenters. The molecule has 0 bridgehead atoms. The van der Waals surface area contributed by atoms with Gasteiger partial charge < -0.3 is 9.64 Å². The Morgan fingerprint density at radius 3 is 2.65 bits per heavy atom. The van der Waals surface area contributed by atoms with Crippen LogP contribution in [0.4, 0.5) is 4.39 Å². The van der Waals surface area contributed by atoms with E-state index in [1.54, 1.807) is 23.1 Å². The highest BCUT2D eigenvalue weighted by molar-refractivity contribution is 7.91. The topological polar surface area (TPSA) is 92.8 Å². The van der Waals surface area contributed by atoms with E-state index in [1.165, 1.54) is 13.2 Å². The highest BCUT2D eigenvalue weighted by Gasteiger charge is 2.35. The summed E-state index contributed by atoms with van der Waals surface area (Å²) in [6, 6.07) is 6.10. The molecule has 2 heterocycles. The fourth-order valence-electron chi connectivity index (χ4n) is 3.35. The predicted molar refractivity (Wildman–Crippen MR) is 115 cm³/mol. The number of amides is 1. The van der Waals surface area contributed by atoms with E-state index in [-0.39, 0.29) is 41.1 Å². The van der Waals surface area contributed by atoms with E-state index in [9.17, 15) is 22.4 Å². The lowest BCUT2D eigenvalue weighted by molar-refractivity contribution is -0.131. The zero-order valence-electron chi connectivity index (χ0n) is 17.6. The first-order chi connectivity index (χ1) is 14.6. The Balaban J connectivity index is 1.89. The largest absolute Gasteiger partial charge is 0.465 e. The maximum Gasteiger partial charge on any atom is 0.340 e. The minimum Gasteiger partial charge on any atom is -0.465 e. The van der Waals surface area contributed by atoms with Crippen molar-refractivity contribution in [3.63, 3.8) is 0 Å². The maximum atomic E-state index is 13.9. The van der Waals surface area contributed by atoms with E-state index in [0.717, 1.165) is 11.3 Å². The molecule has 1 aliphatic rings. The first-order valence-corrected chi connectivity index (χ1v) is 12.2. The van der Waals surface area contributed by atoms with Crippen molar-refractivity contribution in [2.45, 2.75) is 37.4 Å². The Morgan fingerprint density at radius 1 is 1.29 bits per heavy atom. The summed E-state index contributed by atoms with van der Waals surface area (Å²) in [5, 5.41) is 0. The summed E-state index contributed by atoms with van der Waals surface area (Å²) in [6.45, 7) is 4.46. The van der Waals surface area contributed by atoms with Crippen LogP contribution in [-0.4, -0.2) is 45.4 Å². The standard InChI is InChI=1S/C21H25FN2O5S2/c1-13(2)11-23-31(27,28)21-19(20(26)29-3)15-8-9-24(12-17(15)30-21)18(25)10-14-6-4-5-7-16(14)22/h4-7,13,23H,8-12H2,1-3H3. The number of halogens is 1. The summed E-state index contributed by atoms with van der Waals surface area (Å²) < 4.78 is 46.9. The van der Waals surface area contributed by atoms with E-state index in [0.29, 0.717) is 29.0 Å². The molecule has 0 spiro atoms. The van der Waals surface area contributed by atoms with Gasteiger partial charge in [0.2, 0.25) is 5.91 Å². The van der Waals surface area contributed by atoms with Gasteiger partial charge in [-0.3, -0.25) is 4.79 Å². The van der Waals surface area contributed by atoms with Crippen LogP contribution in [0, 0.1) is 11.7 Å². The van der Waals surface area contributed by atoms with Gasteiger partial charge in [-0.15, -0.1) is 11.3 Å². The molecule has 3 rings (SSSR count). The first kappa shape index (κ1) is 23.4. The van der Waals surface area contributed by atoms with Crippen LogP contribution in [0.3, 0.4) is 0 Å². The molecular formula is C21H25FN2O5S2. The average Bonchev–Trinajstić information content (AvgIpc) is 3.13. The lowest BCUT2D eigenvalue weighted by Gasteiger charge is -2.27. The number of methoxy groups -OCH3 is 1. The van der Waals surface area contributed by atoms with E-state index < -0.39 is 21.8 Å². The molecule has 1 aliphatic heterocycles. The van der Waals surface area contributed by atoms with E-state index in [4.69, 9.17) is 4.74 Å². The van der Waals surface area contributed by atoms with Crippen molar-refractivity contribution in [3.8, 4) is 0 Å². The molecule has 7 nitrogen and oxygen atoms in total. The molecule has 1 amide bonds. The fraction of sp³-hybridized carbons (Fsp3) is 0.429. The van der Waals surface area contributed by atoms with Crippen LogP contribution in [0.2, 0.25) is 0 Å². The van der Waals surface area contributed by atoms with Crippen LogP contribution in [0.1, 0.15) is 40.2 Å². The molecule has 168 valence electrons. The third kappa shape index (κ3) is 5.13. The number of fused-ring (bicyclic) bond motifs is 1. The van der Waals surface area contributed by atoms with Gasteiger partial charge in [-0.25, -0.2) is 22.3 Å². The fourth-order valence-corrected chi connectivity index (χ4v) is 6.50. The molecule has 0 fully saturated rings. The molecule has 0 radical (unpaired) electrons. The quantitative estimate of drug-likeness (QED) is 0.631. The Hall–Kier alpha value is -2.30. The third-order valence-corrected chi connectivity index (χ3v) is 8.15. The van der Waals surface area contributed by atoms with Gasteiger partial charge in [-0.2, -0.15) is 0 Å². The van der Waals surface area contributed by atoms with E-state index >= 15 is 0 Å². The number of hydrogen-bond acceptors (Lipinski definition) is 6. The summed E-state index contributed by atoms with van der Waals surface area (Å²) in [5.74, 6) is -1.32. The molecule has 0 saturated carbocycles. The van der Waals surface area contributed by atoms with Crippen LogP contribution in [0.5, 0.6) is 0 Å². The van der Waals surface area contributed by atoms with E-state index in [1.807, 2.05) is 13.8 Å². The molecule has 0 saturated heterocycles. The van der Waals surface area contributed by atoms with Crippen LogP contribution in [-0.2, 0) is 38.9 Å². The zero-order chi connectivity index (χ0) is 22.8. The summed E-state index contributed by atoms with van der Waals surface area (Å²) >= 11 is 0.976. The summed E-state index contributed by atoms with van der Waals surface area (Å²) in [5.41, 5.74) is 0.942. The Bertz CT molecular complexity index is 1100. The van der Waals surface area contributed by atoms with Crippen molar-refractivity contribution in [2.75, 3.05) is 20.2 Å². The number of esters is 1. The molecule has 1 aromatic carbocycles. The van der Waals surface area contributed by atoms with Crippen molar-refractivity contribution >= 4 is 33.2 Å². The van der Waals surface area contributed by atoms with E-state index in [2.05, 4.69) is 4.72 Å². The van der Waals surface area contributed by atoms with Gasteiger partial charge in [0, 0.05) is 18.0 Å². The molecule has 10 heteroatoms. The molecule has 31 heavy (non-hydrogen) atoms. The normalized spacial score (nSPS) is 13.9. The minimum absolute atomic E-state index is 0.0416. The van der Waals surface area contributed by atoms with Crippen LogP contribution in [0.15, 0.2) is 28.5 Å². The number of hydrogen-bond donors (Lipinski definition) is 1. The number of nitrogens with zero attached hydrogens (tertiary/aromatic N) is 1. The Labute approximate surface area is 185 Å². The van der Waals surface area contributed by atoms with Gasteiger partial charge in [0.05, 0.1) is 25.6 Å². The van der Waals surface area contributed by atoms with Crippen molar-refractivity contribution in [2.24, 2.45) is 5.92 Å². The van der Waals surface area contributed by atoms with Crippen molar-refractivity contribution in [3.05, 3.63) is 51.7 Å². The predicted octanol–water partition coefficient (Wildman–Crippen LogP) is 2.74. The second kappa shape index (κ2) is 9.46. The third-order valence-electron chi connectivity index (χ3n) is 4.99. The number of sulfonamides is 1. The lowest BCUT2D eigenvalue weighted by atomic mass is 10.0. The van der Waals surface area contributed by atoms with Crippen molar-refractivity contribution < 1.29 is 27.1 Å². The summed E-state index contributed by atoms with van der Waals surface area (Å²) in [4.78, 5) is 27.3. The smallest absolute Gasteiger partial charge is 0.340 e. The number of nitrogens with one attached hydrogen (secondary N) is 1. The molecule has 0 aliphatic carbocycles. The summed E-state index contributed by atoms with van der Waals surface area (Å²) in [6.07, 6.45) is 0.233. The summed E-state index contributed by atoms with van der Waals surface area (Å²) in [7, 11) is -2.71. The van der Waals surface area contributed by atoms with Crippen LogP contribution < -0.4 is 4.72 Å².